The van der Waals surface area contributed by atoms with Crippen molar-refractivity contribution in [2.45, 2.75) is 32.7 Å². The first-order chi connectivity index (χ1) is 7.50. The predicted molar refractivity (Wildman–Crippen MR) is 60.1 cm³/mol. The van der Waals surface area contributed by atoms with Crippen LogP contribution in [-0.2, 0) is 9.59 Å². The maximum absolute atomic E-state index is 12.0. The summed E-state index contributed by atoms with van der Waals surface area (Å²) in [5.41, 5.74) is 0. The number of amides is 1. The van der Waals surface area contributed by atoms with Gasteiger partial charge in [0.15, 0.2) is 0 Å². The smallest absolute Gasteiger partial charge is 0.323 e. The van der Waals surface area contributed by atoms with Crippen molar-refractivity contribution in [2.24, 2.45) is 5.92 Å². The van der Waals surface area contributed by atoms with Gasteiger partial charge in [-0.1, -0.05) is 13.8 Å². The van der Waals surface area contributed by atoms with Gasteiger partial charge in [0, 0.05) is 6.54 Å². The number of carboxylic acids is 1. The zero-order valence-electron chi connectivity index (χ0n) is 9.90. The normalized spacial score (nSPS) is 20.1. The fraction of sp³-hybridized carbons (Fsp3) is 0.818. The Morgan fingerprint density at radius 3 is 2.62 bits per heavy atom. The molecule has 0 radical (unpaired) electrons. The molecule has 0 saturated carbocycles. The zero-order valence-corrected chi connectivity index (χ0v) is 9.90. The molecule has 1 heterocycles. The molecule has 5 heteroatoms. The third kappa shape index (κ3) is 3.81. The molecule has 1 fully saturated rings. The fourth-order valence-electron chi connectivity index (χ4n) is 1.95. The van der Waals surface area contributed by atoms with Crippen LogP contribution in [0.15, 0.2) is 0 Å². The molecule has 0 aromatic carbocycles. The number of hydrogen-bond donors (Lipinski definition) is 2. The van der Waals surface area contributed by atoms with Crippen molar-refractivity contribution in [3.05, 3.63) is 0 Å². The van der Waals surface area contributed by atoms with Crippen LogP contribution in [0.1, 0.15) is 26.7 Å². The van der Waals surface area contributed by atoms with Gasteiger partial charge < -0.3 is 15.3 Å². The first kappa shape index (κ1) is 13.0. The molecule has 1 amide bonds. The monoisotopic (exact) mass is 228 g/mol. The van der Waals surface area contributed by atoms with Crippen molar-refractivity contribution in [3.8, 4) is 0 Å². The van der Waals surface area contributed by atoms with Gasteiger partial charge >= 0.3 is 5.97 Å². The largest absolute Gasteiger partial charge is 0.480 e. The van der Waals surface area contributed by atoms with Crippen molar-refractivity contribution in [2.75, 3.05) is 19.6 Å². The summed E-state index contributed by atoms with van der Waals surface area (Å²) in [6.07, 6.45) is 1.80. The summed E-state index contributed by atoms with van der Waals surface area (Å²) in [5.74, 6) is -0.745. The van der Waals surface area contributed by atoms with E-state index < -0.39 is 5.97 Å². The summed E-state index contributed by atoms with van der Waals surface area (Å²) in [5, 5.41) is 11.9. The van der Waals surface area contributed by atoms with E-state index in [1.54, 1.807) is 0 Å². The molecule has 1 aliphatic rings. The van der Waals surface area contributed by atoms with Gasteiger partial charge in [-0.2, -0.15) is 0 Å². The van der Waals surface area contributed by atoms with E-state index >= 15 is 0 Å². The molecule has 1 saturated heterocycles. The predicted octanol–water partition coefficient (Wildman–Crippen LogP) is 0.308. The van der Waals surface area contributed by atoms with Crippen LogP contribution in [0.3, 0.4) is 0 Å². The fourth-order valence-corrected chi connectivity index (χ4v) is 1.95. The first-order valence-electron chi connectivity index (χ1n) is 5.74. The summed E-state index contributed by atoms with van der Waals surface area (Å²) in [7, 11) is 0. The lowest BCUT2D eigenvalue weighted by Crippen LogP contribution is -2.47. The summed E-state index contributed by atoms with van der Waals surface area (Å²) < 4.78 is 0. The minimum atomic E-state index is -0.952. The van der Waals surface area contributed by atoms with Crippen molar-refractivity contribution < 1.29 is 14.7 Å². The number of hydrogen-bond acceptors (Lipinski definition) is 3. The molecular weight excluding hydrogens is 208 g/mol. The standard InChI is InChI=1S/C11H20N2O3/c1-8(2)6-13(7-10(14)15)11(16)9-4-3-5-12-9/h8-9,12H,3-7H2,1-2H3,(H,14,15)/t9-/m0/s1. The molecule has 92 valence electrons. The summed E-state index contributed by atoms with van der Waals surface area (Å²) in [6, 6.07) is -0.182. The van der Waals surface area contributed by atoms with Gasteiger partial charge in [-0.3, -0.25) is 9.59 Å². The Kier molecular flexibility index (Phi) is 4.73. The number of aliphatic carboxylic acids is 1. The molecule has 0 aromatic rings. The number of rotatable bonds is 5. The highest BCUT2D eigenvalue weighted by molar-refractivity contribution is 5.85. The van der Waals surface area contributed by atoms with Gasteiger partial charge in [-0.25, -0.2) is 0 Å². The van der Waals surface area contributed by atoms with E-state index in [4.69, 9.17) is 5.11 Å². The lowest BCUT2D eigenvalue weighted by atomic mass is 10.1. The van der Waals surface area contributed by atoms with E-state index in [1.165, 1.54) is 4.90 Å². The third-order valence-electron chi connectivity index (χ3n) is 2.58. The lowest BCUT2D eigenvalue weighted by Gasteiger charge is -2.25. The molecule has 0 unspecified atom stereocenters. The highest BCUT2D eigenvalue weighted by atomic mass is 16.4. The van der Waals surface area contributed by atoms with Crippen LogP contribution in [-0.4, -0.2) is 47.6 Å². The second-order valence-electron chi connectivity index (χ2n) is 4.66. The molecule has 1 atom stereocenters. The molecule has 0 spiro atoms. The Morgan fingerprint density at radius 2 is 2.19 bits per heavy atom. The summed E-state index contributed by atoms with van der Waals surface area (Å²) in [4.78, 5) is 24.2. The third-order valence-corrected chi connectivity index (χ3v) is 2.58. The molecule has 1 rings (SSSR count). The van der Waals surface area contributed by atoms with Crippen LogP contribution in [0.25, 0.3) is 0 Å². The van der Waals surface area contributed by atoms with Gasteiger partial charge in [0.2, 0.25) is 5.91 Å². The highest BCUT2D eigenvalue weighted by Gasteiger charge is 2.28. The highest BCUT2D eigenvalue weighted by Crippen LogP contribution is 2.10. The number of carboxylic acid groups (broad SMARTS) is 1. The Balaban J connectivity index is 2.58. The summed E-state index contributed by atoms with van der Waals surface area (Å²) >= 11 is 0. The van der Waals surface area contributed by atoms with Gasteiger partial charge in [-0.05, 0) is 25.3 Å². The molecule has 0 bridgehead atoms. The molecule has 0 aromatic heterocycles. The van der Waals surface area contributed by atoms with Crippen molar-refractivity contribution in [1.29, 1.82) is 0 Å². The van der Waals surface area contributed by atoms with Crippen LogP contribution >= 0.6 is 0 Å². The van der Waals surface area contributed by atoms with Gasteiger partial charge in [-0.15, -0.1) is 0 Å². The second-order valence-corrected chi connectivity index (χ2v) is 4.66. The van der Waals surface area contributed by atoms with Gasteiger partial charge in [0.05, 0.1) is 6.04 Å². The molecule has 16 heavy (non-hydrogen) atoms. The SMILES string of the molecule is CC(C)CN(CC(=O)O)C(=O)[C@@H]1CCCN1. The van der Waals surface area contributed by atoms with Crippen molar-refractivity contribution in [3.63, 3.8) is 0 Å². The molecule has 5 nitrogen and oxygen atoms in total. The van der Waals surface area contributed by atoms with E-state index in [0.717, 1.165) is 19.4 Å². The maximum atomic E-state index is 12.0. The minimum absolute atomic E-state index is 0.0754. The summed E-state index contributed by atoms with van der Waals surface area (Å²) in [6.45, 7) is 5.10. The first-order valence-corrected chi connectivity index (χ1v) is 5.74. The van der Waals surface area contributed by atoms with E-state index in [-0.39, 0.29) is 24.4 Å². The van der Waals surface area contributed by atoms with E-state index in [2.05, 4.69) is 5.32 Å². The number of carbonyl (C=O) groups is 2. The Morgan fingerprint density at radius 1 is 1.50 bits per heavy atom. The lowest BCUT2D eigenvalue weighted by molar-refractivity contribution is -0.145. The van der Waals surface area contributed by atoms with Crippen LogP contribution in [0.2, 0.25) is 0 Å². The number of nitrogens with one attached hydrogen (secondary N) is 1. The van der Waals surface area contributed by atoms with Gasteiger partial charge in [0.1, 0.15) is 6.54 Å². The number of carbonyl (C=O) groups excluding carboxylic acids is 1. The van der Waals surface area contributed by atoms with Crippen molar-refractivity contribution in [1.82, 2.24) is 10.2 Å². The Bertz CT molecular complexity index is 260. The molecular formula is C11H20N2O3. The quantitative estimate of drug-likeness (QED) is 0.710. The van der Waals surface area contributed by atoms with E-state index in [0.29, 0.717) is 6.54 Å². The van der Waals surface area contributed by atoms with Crippen LogP contribution in [0.5, 0.6) is 0 Å². The van der Waals surface area contributed by atoms with Gasteiger partial charge in [0.25, 0.3) is 0 Å². The average molecular weight is 228 g/mol. The van der Waals surface area contributed by atoms with Crippen LogP contribution < -0.4 is 5.32 Å². The molecule has 2 N–H and O–H groups in total. The minimum Gasteiger partial charge on any atom is -0.480 e. The van der Waals surface area contributed by atoms with Crippen molar-refractivity contribution >= 4 is 11.9 Å². The maximum Gasteiger partial charge on any atom is 0.323 e. The van der Waals surface area contributed by atoms with Crippen LogP contribution in [0.4, 0.5) is 0 Å². The second kappa shape index (κ2) is 5.84. The van der Waals surface area contributed by atoms with Crippen LogP contribution in [0, 0.1) is 5.92 Å². The molecule has 1 aliphatic heterocycles. The Labute approximate surface area is 95.8 Å². The van der Waals surface area contributed by atoms with E-state index in [9.17, 15) is 9.59 Å². The Hall–Kier alpha value is -1.10. The average Bonchev–Trinajstić information content (AvgIpc) is 2.66. The number of nitrogens with zero attached hydrogens (tertiary/aromatic N) is 1. The zero-order chi connectivity index (χ0) is 12.1. The molecule has 0 aliphatic carbocycles. The topological polar surface area (TPSA) is 69.6 Å². The van der Waals surface area contributed by atoms with E-state index in [1.807, 2.05) is 13.8 Å².